The molecule has 34 heavy (non-hydrogen) atoms. The number of methoxy groups -OCH3 is 2. The second kappa shape index (κ2) is 9.92. The molecule has 0 spiro atoms. The molecule has 0 fully saturated rings. The number of hydrogen-bond donors (Lipinski definition) is 2. The Bertz CT molecular complexity index is 1360. The molecule has 0 aliphatic rings. The van der Waals surface area contributed by atoms with Crippen LogP contribution in [0.4, 0.5) is 5.82 Å². The number of nitrogens with one attached hydrogen (secondary N) is 2. The van der Waals surface area contributed by atoms with E-state index in [-0.39, 0.29) is 29.8 Å². The molecule has 0 saturated heterocycles. The SMILES string of the molecule is COc1ccc(CC(=O)Nc2cc(-c3cccs3)nn2-c2nc(C(C)C)cc(=O)[nH]2)cc1OC. The van der Waals surface area contributed by atoms with E-state index < -0.39 is 0 Å². The van der Waals surface area contributed by atoms with E-state index in [9.17, 15) is 9.59 Å². The zero-order chi connectivity index (χ0) is 24.2. The average molecular weight is 480 g/mol. The Morgan fingerprint density at radius 2 is 1.94 bits per heavy atom. The van der Waals surface area contributed by atoms with Crippen molar-refractivity contribution in [3.05, 3.63) is 69.5 Å². The monoisotopic (exact) mass is 479 g/mol. The van der Waals surface area contributed by atoms with Crippen LogP contribution in [0.1, 0.15) is 31.0 Å². The van der Waals surface area contributed by atoms with Crippen molar-refractivity contribution in [2.24, 2.45) is 0 Å². The van der Waals surface area contributed by atoms with Crippen molar-refractivity contribution in [1.29, 1.82) is 0 Å². The molecular weight excluding hydrogens is 454 g/mol. The Labute approximate surface area is 200 Å². The van der Waals surface area contributed by atoms with Crippen molar-refractivity contribution in [3.8, 4) is 28.0 Å². The molecule has 0 aliphatic carbocycles. The lowest BCUT2D eigenvalue weighted by Crippen LogP contribution is -2.20. The minimum absolute atomic E-state index is 0.0523. The highest BCUT2D eigenvalue weighted by molar-refractivity contribution is 7.13. The predicted molar refractivity (Wildman–Crippen MR) is 131 cm³/mol. The molecule has 0 aliphatic heterocycles. The highest BCUT2D eigenvalue weighted by Gasteiger charge is 2.18. The van der Waals surface area contributed by atoms with E-state index in [1.807, 2.05) is 31.4 Å². The van der Waals surface area contributed by atoms with Gasteiger partial charge in [-0.05, 0) is 35.1 Å². The largest absolute Gasteiger partial charge is 0.493 e. The van der Waals surface area contributed by atoms with Crippen molar-refractivity contribution < 1.29 is 14.3 Å². The molecule has 0 atom stereocenters. The maximum Gasteiger partial charge on any atom is 0.252 e. The van der Waals surface area contributed by atoms with E-state index in [1.165, 1.54) is 22.1 Å². The van der Waals surface area contributed by atoms with E-state index in [4.69, 9.17) is 9.47 Å². The molecule has 9 nitrogen and oxygen atoms in total. The first-order valence-corrected chi connectivity index (χ1v) is 11.5. The van der Waals surface area contributed by atoms with Crippen molar-refractivity contribution in [2.45, 2.75) is 26.2 Å². The van der Waals surface area contributed by atoms with Crippen molar-refractivity contribution in [3.63, 3.8) is 0 Å². The van der Waals surface area contributed by atoms with Crippen LogP contribution in [0, 0.1) is 0 Å². The maximum atomic E-state index is 12.9. The quantitative estimate of drug-likeness (QED) is 0.395. The molecule has 4 aromatic rings. The fourth-order valence-electron chi connectivity index (χ4n) is 3.40. The molecule has 1 amide bonds. The summed E-state index contributed by atoms with van der Waals surface area (Å²) in [6.07, 6.45) is 0.107. The summed E-state index contributed by atoms with van der Waals surface area (Å²) >= 11 is 1.53. The number of carbonyl (C=O) groups is 1. The summed E-state index contributed by atoms with van der Waals surface area (Å²) in [6, 6.07) is 12.4. The molecule has 0 unspecified atom stereocenters. The van der Waals surface area contributed by atoms with Crippen LogP contribution in [0.25, 0.3) is 16.5 Å². The van der Waals surface area contributed by atoms with Gasteiger partial charge in [-0.3, -0.25) is 14.6 Å². The summed E-state index contributed by atoms with van der Waals surface area (Å²) in [6.45, 7) is 3.91. The lowest BCUT2D eigenvalue weighted by Gasteiger charge is -2.11. The molecule has 176 valence electrons. The number of H-pyrrole nitrogens is 1. The number of ether oxygens (including phenoxy) is 2. The number of hydrogen-bond acceptors (Lipinski definition) is 7. The van der Waals surface area contributed by atoms with E-state index in [0.29, 0.717) is 28.7 Å². The summed E-state index contributed by atoms with van der Waals surface area (Å²) in [7, 11) is 3.11. The van der Waals surface area contributed by atoms with E-state index in [0.717, 1.165) is 10.4 Å². The second-order valence-electron chi connectivity index (χ2n) is 7.87. The highest BCUT2D eigenvalue weighted by atomic mass is 32.1. The first-order valence-electron chi connectivity index (χ1n) is 10.6. The Hall–Kier alpha value is -3.92. The first-order chi connectivity index (χ1) is 16.4. The minimum Gasteiger partial charge on any atom is -0.493 e. The van der Waals surface area contributed by atoms with Crippen molar-refractivity contribution in [2.75, 3.05) is 19.5 Å². The third-order valence-corrected chi connectivity index (χ3v) is 6.00. The number of nitrogens with zero attached hydrogens (tertiary/aromatic N) is 3. The molecule has 10 heteroatoms. The molecule has 0 radical (unpaired) electrons. The molecule has 4 rings (SSSR count). The maximum absolute atomic E-state index is 12.9. The number of carbonyl (C=O) groups excluding carboxylic acids is 1. The van der Waals surface area contributed by atoms with E-state index in [1.54, 1.807) is 38.5 Å². The van der Waals surface area contributed by atoms with Crippen LogP contribution in [-0.4, -0.2) is 39.9 Å². The number of benzene rings is 1. The normalized spacial score (nSPS) is 11.0. The smallest absolute Gasteiger partial charge is 0.252 e. The van der Waals surface area contributed by atoms with Crippen molar-refractivity contribution in [1.82, 2.24) is 19.7 Å². The summed E-state index contributed by atoms with van der Waals surface area (Å²) in [4.78, 5) is 33.4. The third-order valence-electron chi connectivity index (χ3n) is 5.10. The molecule has 3 heterocycles. The van der Waals surface area contributed by atoms with E-state index in [2.05, 4.69) is 20.4 Å². The summed E-state index contributed by atoms with van der Waals surface area (Å²) < 4.78 is 12.0. The van der Waals surface area contributed by atoms with Gasteiger partial charge in [0.1, 0.15) is 11.5 Å². The number of amides is 1. The Kier molecular flexibility index (Phi) is 6.78. The van der Waals surface area contributed by atoms with Crippen LogP contribution in [0.2, 0.25) is 0 Å². The van der Waals surface area contributed by atoms with Crippen molar-refractivity contribution >= 4 is 23.1 Å². The predicted octanol–water partition coefficient (Wildman–Crippen LogP) is 4.01. The standard InChI is InChI=1S/C24H25N5O4S/c1-14(2)16-13-23(31)27-24(25-16)29-21(12-17(28-29)20-6-5-9-34-20)26-22(30)11-15-7-8-18(32-3)19(10-15)33-4/h5-10,12-14H,11H2,1-4H3,(H,26,30)(H,25,27,31). The van der Waals surface area contributed by atoms with Gasteiger partial charge in [-0.25, -0.2) is 4.98 Å². The Morgan fingerprint density at radius 3 is 2.62 bits per heavy atom. The number of aromatic nitrogens is 4. The Balaban J connectivity index is 1.67. The second-order valence-corrected chi connectivity index (χ2v) is 8.81. The lowest BCUT2D eigenvalue weighted by atomic mass is 10.1. The van der Waals surface area contributed by atoms with E-state index >= 15 is 0 Å². The fourth-order valence-corrected chi connectivity index (χ4v) is 4.08. The summed E-state index contributed by atoms with van der Waals surface area (Å²) in [5.41, 5.74) is 1.76. The molecule has 0 bridgehead atoms. The summed E-state index contributed by atoms with van der Waals surface area (Å²) in [5.74, 6) is 1.57. The highest BCUT2D eigenvalue weighted by Crippen LogP contribution is 2.29. The van der Waals surface area contributed by atoms with Gasteiger partial charge in [0, 0.05) is 12.1 Å². The first kappa shape index (κ1) is 23.2. The van der Waals surface area contributed by atoms with Gasteiger partial charge in [0.15, 0.2) is 11.5 Å². The summed E-state index contributed by atoms with van der Waals surface area (Å²) in [5, 5.41) is 9.47. The molecule has 1 aromatic carbocycles. The van der Waals surface area contributed by atoms with Crippen LogP contribution < -0.4 is 20.3 Å². The number of thiophene rings is 1. The Morgan fingerprint density at radius 1 is 1.15 bits per heavy atom. The zero-order valence-corrected chi connectivity index (χ0v) is 20.1. The van der Waals surface area contributed by atoms with Crippen LogP contribution in [0.3, 0.4) is 0 Å². The van der Waals surface area contributed by atoms with Gasteiger partial charge < -0.3 is 14.8 Å². The average Bonchev–Trinajstić information content (AvgIpc) is 3.48. The van der Waals surface area contributed by atoms with Gasteiger partial charge in [-0.2, -0.15) is 9.78 Å². The van der Waals surface area contributed by atoms with Crippen LogP contribution in [0.15, 0.2) is 52.6 Å². The number of anilines is 1. The zero-order valence-electron chi connectivity index (χ0n) is 19.3. The minimum atomic E-state index is -0.288. The number of aromatic amines is 1. The van der Waals surface area contributed by atoms with Gasteiger partial charge >= 0.3 is 0 Å². The fraction of sp³-hybridized carbons (Fsp3) is 0.250. The van der Waals surface area contributed by atoms with Crippen LogP contribution >= 0.6 is 11.3 Å². The van der Waals surface area contributed by atoms with Gasteiger partial charge in [0.25, 0.3) is 5.56 Å². The number of rotatable bonds is 8. The molecule has 0 saturated carbocycles. The van der Waals surface area contributed by atoms with Gasteiger partial charge in [-0.15, -0.1) is 11.3 Å². The lowest BCUT2D eigenvalue weighted by molar-refractivity contribution is -0.115. The van der Waals surface area contributed by atoms with Gasteiger partial charge in [0.05, 0.1) is 31.2 Å². The topological polar surface area (TPSA) is 111 Å². The van der Waals surface area contributed by atoms with Crippen LogP contribution in [0.5, 0.6) is 11.5 Å². The third kappa shape index (κ3) is 5.01. The molecular formula is C24H25N5O4S. The molecule has 2 N–H and O–H groups in total. The van der Waals surface area contributed by atoms with Crippen LogP contribution in [-0.2, 0) is 11.2 Å². The van der Waals surface area contributed by atoms with Gasteiger partial charge in [-0.1, -0.05) is 26.0 Å². The molecule has 3 aromatic heterocycles. The van der Waals surface area contributed by atoms with Gasteiger partial charge in [0.2, 0.25) is 11.9 Å².